The van der Waals surface area contributed by atoms with Crippen LogP contribution < -0.4 is 10.6 Å². The lowest BCUT2D eigenvalue weighted by Gasteiger charge is -2.12. The fourth-order valence-corrected chi connectivity index (χ4v) is 4.78. The first kappa shape index (κ1) is 27.5. The van der Waals surface area contributed by atoms with Gasteiger partial charge in [0.15, 0.2) is 10.9 Å². The number of carbonyl (C=O) groups excluding carboxylic acids is 2. The van der Waals surface area contributed by atoms with E-state index in [2.05, 4.69) is 20.5 Å². The highest BCUT2D eigenvalue weighted by Crippen LogP contribution is 2.29. The number of likely N-dealkylation sites (N-methyl/N-ethyl adjacent to an activating group) is 1. The Balaban J connectivity index is 1.39. The zero-order valence-corrected chi connectivity index (χ0v) is 23.0. The van der Waals surface area contributed by atoms with Gasteiger partial charge in [-0.2, -0.15) is 0 Å². The van der Waals surface area contributed by atoms with Crippen molar-refractivity contribution < 1.29 is 14.3 Å². The zero-order chi connectivity index (χ0) is 27.1. The van der Waals surface area contributed by atoms with Crippen LogP contribution in [0.15, 0.2) is 72.9 Å². The summed E-state index contributed by atoms with van der Waals surface area (Å²) in [5, 5.41) is 9.16. The molecule has 196 valence electrons. The number of hydrogen-bond donors (Lipinski definition) is 2. The van der Waals surface area contributed by atoms with Crippen molar-refractivity contribution in [3.05, 3.63) is 94.0 Å². The Hall–Kier alpha value is -3.56. The highest BCUT2D eigenvalue weighted by atomic mass is 35.5. The van der Waals surface area contributed by atoms with E-state index in [4.69, 9.17) is 16.3 Å². The van der Waals surface area contributed by atoms with Crippen LogP contribution in [-0.4, -0.2) is 55.4 Å². The van der Waals surface area contributed by atoms with Crippen molar-refractivity contribution in [2.45, 2.75) is 6.92 Å². The number of ether oxygens (including phenoxy) is 1. The van der Waals surface area contributed by atoms with Crippen LogP contribution in [0, 0.1) is 6.92 Å². The van der Waals surface area contributed by atoms with Crippen LogP contribution in [0.5, 0.6) is 0 Å². The summed E-state index contributed by atoms with van der Waals surface area (Å²) in [5.41, 5.74) is 2.95. The number of benzene rings is 3. The quantitative estimate of drug-likeness (QED) is 0.163. The molecule has 4 rings (SSSR count). The van der Waals surface area contributed by atoms with Gasteiger partial charge in [-0.15, -0.1) is 0 Å². The van der Waals surface area contributed by atoms with Crippen LogP contribution in [-0.2, 0) is 4.74 Å². The van der Waals surface area contributed by atoms with Crippen molar-refractivity contribution in [1.29, 1.82) is 0 Å². The normalized spacial score (nSPS) is 11.4. The van der Waals surface area contributed by atoms with E-state index in [1.54, 1.807) is 19.3 Å². The summed E-state index contributed by atoms with van der Waals surface area (Å²) in [6.07, 6.45) is 5.02. The largest absolute Gasteiger partial charge is 0.383 e. The summed E-state index contributed by atoms with van der Waals surface area (Å²) >= 11 is 7.48. The van der Waals surface area contributed by atoms with E-state index in [1.165, 1.54) is 17.5 Å². The Morgan fingerprint density at radius 3 is 2.71 bits per heavy atom. The van der Waals surface area contributed by atoms with Crippen molar-refractivity contribution in [2.75, 3.05) is 44.5 Å². The standard InChI is InChI=1S/C29H29ClN4O3S/c1-19-6-4-7-24(30)27(19)33-28(36)26-18-31-29(38-26)32-23-12-11-20-16-22(10-9-21(20)17-23)25(35)8-5-13-34(2)14-15-37-3/h4-12,16-18H,13-15H2,1-3H3,(H,31,32)(H,33,36)/b8-5+. The van der Waals surface area contributed by atoms with Gasteiger partial charge < -0.3 is 20.3 Å². The second-order valence-electron chi connectivity index (χ2n) is 8.84. The Morgan fingerprint density at radius 2 is 1.92 bits per heavy atom. The number of ketones is 1. The molecule has 0 aliphatic carbocycles. The van der Waals surface area contributed by atoms with Crippen LogP contribution >= 0.6 is 22.9 Å². The molecule has 3 aromatic carbocycles. The number of halogens is 1. The second kappa shape index (κ2) is 12.8. The maximum atomic E-state index is 12.7. The number of thiazole rings is 1. The smallest absolute Gasteiger partial charge is 0.267 e. The highest BCUT2D eigenvalue weighted by molar-refractivity contribution is 7.17. The van der Waals surface area contributed by atoms with E-state index in [-0.39, 0.29) is 11.7 Å². The number of rotatable bonds is 11. The van der Waals surface area contributed by atoms with Crippen molar-refractivity contribution in [2.24, 2.45) is 0 Å². The van der Waals surface area contributed by atoms with E-state index in [9.17, 15) is 9.59 Å². The van der Waals surface area contributed by atoms with Crippen LogP contribution in [0.2, 0.25) is 5.02 Å². The molecule has 0 fully saturated rings. The third-order valence-corrected chi connectivity index (χ3v) is 7.16. The summed E-state index contributed by atoms with van der Waals surface area (Å²) in [6, 6.07) is 17.0. The number of para-hydroxylation sites is 1. The minimum atomic E-state index is -0.266. The summed E-state index contributed by atoms with van der Waals surface area (Å²) in [4.78, 5) is 32.2. The maximum Gasteiger partial charge on any atom is 0.267 e. The van der Waals surface area contributed by atoms with Crippen LogP contribution in [0.1, 0.15) is 25.6 Å². The maximum absolute atomic E-state index is 12.7. The molecule has 2 N–H and O–H groups in total. The number of hydrogen-bond acceptors (Lipinski definition) is 7. The molecule has 0 bridgehead atoms. The molecular formula is C29H29ClN4O3S. The second-order valence-corrected chi connectivity index (χ2v) is 10.3. The Labute approximate surface area is 231 Å². The molecule has 38 heavy (non-hydrogen) atoms. The van der Waals surface area contributed by atoms with E-state index in [0.29, 0.717) is 39.4 Å². The van der Waals surface area contributed by atoms with E-state index < -0.39 is 0 Å². The van der Waals surface area contributed by atoms with Gasteiger partial charge in [-0.05, 0) is 60.6 Å². The molecule has 0 saturated carbocycles. The molecule has 9 heteroatoms. The van der Waals surface area contributed by atoms with Gasteiger partial charge in [-0.3, -0.25) is 9.59 Å². The van der Waals surface area contributed by atoms with Gasteiger partial charge >= 0.3 is 0 Å². The molecule has 1 aromatic heterocycles. The third kappa shape index (κ3) is 7.05. The fourth-order valence-electron chi connectivity index (χ4n) is 3.78. The average Bonchev–Trinajstić information content (AvgIpc) is 3.37. The number of nitrogens with zero attached hydrogens (tertiary/aromatic N) is 2. The van der Waals surface area contributed by atoms with Crippen LogP contribution in [0.25, 0.3) is 10.8 Å². The third-order valence-electron chi connectivity index (χ3n) is 5.93. The predicted molar refractivity (Wildman–Crippen MR) is 156 cm³/mol. The molecule has 0 unspecified atom stereocenters. The molecule has 1 amide bonds. The van der Waals surface area contributed by atoms with Crippen LogP contribution in [0.4, 0.5) is 16.5 Å². The Morgan fingerprint density at radius 1 is 1.13 bits per heavy atom. The Bertz CT molecular complexity index is 1460. The first-order chi connectivity index (χ1) is 18.3. The summed E-state index contributed by atoms with van der Waals surface area (Å²) < 4.78 is 5.07. The zero-order valence-electron chi connectivity index (χ0n) is 21.5. The van der Waals surface area contributed by atoms with Crippen molar-refractivity contribution in [3.8, 4) is 0 Å². The molecule has 0 saturated heterocycles. The fraction of sp³-hybridized carbons (Fsp3) is 0.207. The molecule has 0 aliphatic heterocycles. The average molecular weight is 549 g/mol. The number of fused-ring (bicyclic) bond motifs is 1. The number of amides is 1. The molecule has 0 atom stereocenters. The summed E-state index contributed by atoms with van der Waals surface area (Å²) in [7, 11) is 3.66. The molecule has 0 radical (unpaired) electrons. The lowest BCUT2D eigenvalue weighted by molar-refractivity contribution is 0.102. The number of allylic oxidation sites excluding steroid dienone is 1. The van der Waals surface area contributed by atoms with Crippen molar-refractivity contribution in [3.63, 3.8) is 0 Å². The van der Waals surface area contributed by atoms with Gasteiger partial charge in [0, 0.05) is 31.5 Å². The predicted octanol–water partition coefficient (Wildman–Crippen LogP) is 6.57. The van der Waals surface area contributed by atoms with Gasteiger partial charge in [-0.25, -0.2) is 4.98 Å². The minimum absolute atomic E-state index is 0.0326. The van der Waals surface area contributed by atoms with E-state index in [0.717, 1.165) is 28.6 Å². The van der Waals surface area contributed by atoms with Crippen LogP contribution in [0.3, 0.4) is 0 Å². The lowest BCUT2D eigenvalue weighted by atomic mass is 10.0. The molecule has 7 nitrogen and oxygen atoms in total. The van der Waals surface area contributed by atoms with Gasteiger partial charge in [0.05, 0.1) is 23.5 Å². The van der Waals surface area contributed by atoms with Gasteiger partial charge in [0.25, 0.3) is 5.91 Å². The van der Waals surface area contributed by atoms with Crippen molar-refractivity contribution >= 4 is 61.9 Å². The van der Waals surface area contributed by atoms with Gasteiger partial charge in [0.2, 0.25) is 0 Å². The monoisotopic (exact) mass is 548 g/mol. The summed E-state index contributed by atoms with van der Waals surface area (Å²) in [5.74, 6) is -0.298. The molecule has 4 aromatic rings. The number of aromatic nitrogens is 1. The van der Waals surface area contributed by atoms with E-state index in [1.807, 2.05) is 68.6 Å². The van der Waals surface area contributed by atoms with Gasteiger partial charge in [0.1, 0.15) is 4.88 Å². The lowest BCUT2D eigenvalue weighted by Crippen LogP contribution is -2.22. The summed E-state index contributed by atoms with van der Waals surface area (Å²) in [6.45, 7) is 4.03. The SMILES string of the molecule is COCCN(C)C/C=C/C(=O)c1ccc2cc(Nc3ncc(C(=O)Nc4c(C)cccc4Cl)s3)ccc2c1. The number of anilines is 3. The van der Waals surface area contributed by atoms with Gasteiger partial charge in [-0.1, -0.05) is 59.3 Å². The molecule has 0 spiro atoms. The topological polar surface area (TPSA) is 83.6 Å². The minimum Gasteiger partial charge on any atom is -0.383 e. The molecule has 0 aliphatic rings. The van der Waals surface area contributed by atoms with E-state index >= 15 is 0 Å². The molecular weight excluding hydrogens is 520 g/mol. The van der Waals surface area contributed by atoms with Crippen molar-refractivity contribution in [1.82, 2.24) is 9.88 Å². The number of methoxy groups -OCH3 is 1. The highest BCUT2D eigenvalue weighted by Gasteiger charge is 2.14. The number of aryl methyl sites for hydroxylation is 1. The number of carbonyl (C=O) groups is 2. The first-order valence-corrected chi connectivity index (χ1v) is 13.2. The molecule has 1 heterocycles. The first-order valence-electron chi connectivity index (χ1n) is 12.1. The Kier molecular flexibility index (Phi) is 9.25. The number of nitrogens with one attached hydrogen (secondary N) is 2.